The van der Waals surface area contributed by atoms with E-state index >= 15 is 0 Å². The van der Waals surface area contributed by atoms with Crippen LogP contribution >= 0.6 is 23.1 Å². The Hall–Kier alpha value is -2.90. The Labute approximate surface area is 207 Å². The molecule has 1 atom stereocenters. The van der Waals surface area contributed by atoms with Gasteiger partial charge in [-0.2, -0.15) is 0 Å². The summed E-state index contributed by atoms with van der Waals surface area (Å²) in [5.41, 5.74) is 3.11. The number of thioether (sulfide) groups is 1. The van der Waals surface area contributed by atoms with Gasteiger partial charge in [0.25, 0.3) is 5.56 Å². The zero-order chi connectivity index (χ0) is 23.5. The molecule has 1 amide bonds. The van der Waals surface area contributed by atoms with E-state index in [1.165, 1.54) is 27.8 Å². The van der Waals surface area contributed by atoms with Crippen LogP contribution in [0.5, 0.6) is 0 Å². The van der Waals surface area contributed by atoms with Crippen molar-refractivity contribution >= 4 is 39.2 Å². The SMILES string of the molecule is C[C@@H]1CCc2c(sc3nc(SCC(=O)NCCc4ccccc4)n(-c4ccccc4)c(=O)c23)C1. The highest BCUT2D eigenvalue weighted by Gasteiger charge is 2.25. The minimum absolute atomic E-state index is 0.0322. The molecule has 34 heavy (non-hydrogen) atoms. The summed E-state index contributed by atoms with van der Waals surface area (Å²) in [6, 6.07) is 19.7. The monoisotopic (exact) mass is 489 g/mol. The van der Waals surface area contributed by atoms with Crippen LogP contribution in [-0.4, -0.2) is 27.8 Å². The lowest BCUT2D eigenvalue weighted by molar-refractivity contribution is -0.118. The van der Waals surface area contributed by atoms with Crippen LogP contribution in [0.4, 0.5) is 0 Å². The predicted octanol–water partition coefficient (Wildman–Crippen LogP) is 5.02. The molecule has 174 valence electrons. The summed E-state index contributed by atoms with van der Waals surface area (Å²) < 4.78 is 1.68. The van der Waals surface area contributed by atoms with Gasteiger partial charge >= 0.3 is 0 Å². The fraction of sp³-hybridized carbons (Fsp3) is 0.296. The van der Waals surface area contributed by atoms with E-state index in [0.717, 1.165) is 41.6 Å². The number of nitrogens with one attached hydrogen (secondary N) is 1. The Kier molecular flexibility index (Phi) is 6.83. The van der Waals surface area contributed by atoms with Crippen molar-refractivity contribution in [1.29, 1.82) is 0 Å². The molecule has 0 bridgehead atoms. The maximum Gasteiger partial charge on any atom is 0.267 e. The number of hydrogen-bond acceptors (Lipinski definition) is 5. The lowest BCUT2D eigenvalue weighted by Crippen LogP contribution is -2.28. The van der Waals surface area contributed by atoms with E-state index in [4.69, 9.17) is 4.98 Å². The quantitative estimate of drug-likeness (QED) is 0.292. The first kappa shape index (κ1) is 22.9. The second kappa shape index (κ2) is 10.2. The molecule has 0 spiro atoms. The van der Waals surface area contributed by atoms with Crippen molar-refractivity contribution in [2.24, 2.45) is 5.92 Å². The normalized spacial score (nSPS) is 15.3. The standard InChI is InChI=1S/C27H27N3O2S2/c1-18-12-13-21-22(16-18)34-25-24(21)26(32)30(20-10-6-3-7-11-20)27(29-25)33-17-23(31)28-15-14-19-8-4-2-5-9-19/h2-11,18H,12-17H2,1H3,(H,28,31)/t18-/m1/s1. The maximum absolute atomic E-state index is 13.8. The number of fused-ring (bicyclic) bond motifs is 3. The number of aromatic nitrogens is 2. The molecule has 0 unspecified atom stereocenters. The maximum atomic E-state index is 13.8. The molecule has 0 radical (unpaired) electrons. The summed E-state index contributed by atoms with van der Waals surface area (Å²) in [5, 5.41) is 4.31. The Morgan fingerprint density at radius 1 is 1.15 bits per heavy atom. The number of rotatable bonds is 7. The molecule has 1 aliphatic rings. The van der Waals surface area contributed by atoms with Gasteiger partial charge in [-0.25, -0.2) is 4.98 Å². The minimum Gasteiger partial charge on any atom is -0.355 e. The summed E-state index contributed by atoms with van der Waals surface area (Å²) in [6.45, 7) is 2.85. The van der Waals surface area contributed by atoms with Crippen molar-refractivity contribution in [3.8, 4) is 5.69 Å². The van der Waals surface area contributed by atoms with Crippen molar-refractivity contribution < 1.29 is 4.79 Å². The number of para-hydroxylation sites is 1. The summed E-state index contributed by atoms with van der Waals surface area (Å²) in [5.74, 6) is 0.779. The molecule has 7 heteroatoms. The number of nitrogens with zero attached hydrogens (tertiary/aromatic N) is 2. The van der Waals surface area contributed by atoms with Crippen molar-refractivity contribution in [3.05, 3.63) is 87.0 Å². The van der Waals surface area contributed by atoms with Crippen molar-refractivity contribution in [2.75, 3.05) is 12.3 Å². The van der Waals surface area contributed by atoms with E-state index < -0.39 is 0 Å². The molecule has 5 rings (SSSR count). The zero-order valence-electron chi connectivity index (χ0n) is 19.1. The fourth-order valence-corrected chi connectivity index (χ4v) is 6.71. The van der Waals surface area contributed by atoms with E-state index in [2.05, 4.69) is 24.4 Å². The number of thiophene rings is 1. The van der Waals surface area contributed by atoms with E-state index in [0.29, 0.717) is 17.6 Å². The van der Waals surface area contributed by atoms with Gasteiger partial charge in [0, 0.05) is 11.4 Å². The van der Waals surface area contributed by atoms with Crippen molar-refractivity contribution in [2.45, 2.75) is 37.8 Å². The molecule has 2 aromatic carbocycles. The molecular weight excluding hydrogens is 462 g/mol. The number of hydrogen-bond donors (Lipinski definition) is 1. The number of carbonyl (C=O) groups is 1. The van der Waals surface area contributed by atoms with Crippen LogP contribution in [-0.2, 0) is 24.1 Å². The molecule has 0 fully saturated rings. The second-order valence-corrected chi connectivity index (χ2v) is 10.8. The largest absolute Gasteiger partial charge is 0.355 e. The first-order valence-electron chi connectivity index (χ1n) is 11.7. The third-order valence-electron chi connectivity index (χ3n) is 6.22. The van der Waals surface area contributed by atoms with Gasteiger partial charge < -0.3 is 5.32 Å². The highest BCUT2D eigenvalue weighted by atomic mass is 32.2. The van der Waals surface area contributed by atoms with E-state index in [1.54, 1.807) is 15.9 Å². The Morgan fingerprint density at radius 3 is 2.65 bits per heavy atom. The van der Waals surface area contributed by atoms with Crippen LogP contribution < -0.4 is 10.9 Å². The van der Waals surface area contributed by atoms with Crippen molar-refractivity contribution in [3.63, 3.8) is 0 Å². The van der Waals surface area contributed by atoms with Crippen molar-refractivity contribution in [1.82, 2.24) is 14.9 Å². The van der Waals surface area contributed by atoms with Gasteiger partial charge in [-0.3, -0.25) is 14.2 Å². The van der Waals surface area contributed by atoms with Gasteiger partial charge in [0.15, 0.2) is 5.16 Å². The van der Waals surface area contributed by atoms with Crippen LogP contribution in [0.1, 0.15) is 29.3 Å². The number of aryl methyl sites for hydroxylation is 1. The van der Waals surface area contributed by atoms with Gasteiger partial charge in [0.1, 0.15) is 4.83 Å². The molecular formula is C27H27N3O2S2. The van der Waals surface area contributed by atoms with Gasteiger partial charge in [0.05, 0.1) is 16.8 Å². The number of benzene rings is 2. The second-order valence-electron chi connectivity index (χ2n) is 8.78. The highest BCUT2D eigenvalue weighted by molar-refractivity contribution is 7.99. The predicted molar refractivity (Wildman–Crippen MR) is 140 cm³/mol. The molecule has 1 aliphatic carbocycles. The molecule has 2 aromatic heterocycles. The first-order valence-corrected chi connectivity index (χ1v) is 13.5. The Balaban J connectivity index is 1.40. The van der Waals surface area contributed by atoms with Gasteiger partial charge in [-0.15, -0.1) is 11.3 Å². The molecule has 0 saturated carbocycles. The summed E-state index contributed by atoms with van der Waals surface area (Å²) in [4.78, 5) is 33.3. The third kappa shape index (κ3) is 4.81. The van der Waals surface area contributed by atoms with Gasteiger partial charge in [-0.05, 0) is 54.9 Å². The Morgan fingerprint density at radius 2 is 1.88 bits per heavy atom. The summed E-state index contributed by atoms with van der Waals surface area (Å²) in [6.07, 6.45) is 3.82. The van der Waals surface area contributed by atoms with Crippen LogP contribution in [0.15, 0.2) is 70.6 Å². The lowest BCUT2D eigenvalue weighted by Gasteiger charge is -2.17. The van der Waals surface area contributed by atoms with Crippen LogP contribution in [0.3, 0.4) is 0 Å². The number of carbonyl (C=O) groups excluding carboxylic acids is 1. The van der Waals surface area contributed by atoms with E-state index in [1.807, 2.05) is 48.5 Å². The third-order valence-corrected chi connectivity index (χ3v) is 8.31. The highest BCUT2D eigenvalue weighted by Crippen LogP contribution is 2.37. The van der Waals surface area contributed by atoms with Gasteiger partial charge in [0.2, 0.25) is 5.91 Å². The molecule has 5 nitrogen and oxygen atoms in total. The minimum atomic E-state index is -0.0609. The molecule has 4 aromatic rings. The first-order chi connectivity index (χ1) is 16.6. The topological polar surface area (TPSA) is 64.0 Å². The smallest absolute Gasteiger partial charge is 0.267 e. The molecule has 0 saturated heterocycles. The van der Waals surface area contributed by atoms with E-state index in [-0.39, 0.29) is 17.2 Å². The fourth-order valence-electron chi connectivity index (χ4n) is 4.44. The number of amides is 1. The summed E-state index contributed by atoms with van der Waals surface area (Å²) in [7, 11) is 0. The van der Waals surface area contributed by atoms with Gasteiger partial charge in [-0.1, -0.05) is 67.2 Å². The zero-order valence-corrected chi connectivity index (χ0v) is 20.8. The van der Waals surface area contributed by atoms with Crippen LogP contribution in [0.25, 0.3) is 15.9 Å². The van der Waals surface area contributed by atoms with Crippen LogP contribution in [0.2, 0.25) is 0 Å². The molecule has 1 N–H and O–H groups in total. The van der Waals surface area contributed by atoms with E-state index in [9.17, 15) is 9.59 Å². The lowest BCUT2D eigenvalue weighted by atomic mass is 9.89. The average molecular weight is 490 g/mol. The Bertz CT molecular complexity index is 1360. The summed E-state index contributed by atoms with van der Waals surface area (Å²) >= 11 is 2.96. The van der Waals surface area contributed by atoms with Crippen LogP contribution in [0, 0.1) is 5.92 Å². The molecule has 2 heterocycles. The molecule has 0 aliphatic heterocycles. The average Bonchev–Trinajstić information content (AvgIpc) is 3.21.